The van der Waals surface area contributed by atoms with Crippen molar-refractivity contribution in [3.8, 4) is 0 Å². The van der Waals surface area contributed by atoms with Crippen molar-refractivity contribution >= 4 is 0 Å². The van der Waals surface area contributed by atoms with Gasteiger partial charge in [-0.15, -0.1) is 0 Å². The van der Waals surface area contributed by atoms with Gasteiger partial charge in [0.25, 0.3) is 0 Å². The second-order valence-corrected chi connectivity index (χ2v) is 5.55. The SMILES string of the molecule is C=C(C)N1CC2(C1)CN(C(/C=C\C=C/C)=C/C)C2. The van der Waals surface area contributed by atoms with E-state index in [1.165, 1.54) is 37.6 Å². The third kappa shape index (κ3) is 2.38. The molecule has 2 heterocycles. The Morgan fingerprint density at radius 3 is 2.17 bits per heavy atom. The molecular weight excluding hydrogens is 220 g/mol. The Bertz CT molecular complexity index is 401. The first-order valence-corrected chi connectivity index (χ1v) is 6.71. The summed E-state index contributed by atoms with van der Waals surface area (Å²) in [6, 6.07) is 0. The molecule has 0 bridgehead atoms. The summed E-state index contributed by atoms with van der Waals surface area (Å²) in [4.78, 5) is 4.85. The molecule has 0 atom stereocenters. The average Bonchev–Trinajstić information content (AvgIpc) is 2.22. The fourth-order valence-electron chi connectivity index (χ4n) is 2.83. The third-order valence-corrected chi connectivity index (χ3v) is 3.88. The Balaban J connectivity index is 1.84. The number of hydrogen-bond donors (Lipinski definition) is 0. The highest BCUT2D eigenvalue weighted by Crippen LogP contribution is 2.42. The van der Waals surface area contributed by atoms with Gasteiger partial charge in [0.15, 0.2) is 0 Å². The molecule has 1 spiro atoms. The predicted octanol–water partition coefficient (Wildman–Crippen LogP) is 3.17. The van der Waals surface area contributed by atoms with Crippen molar-refractivity contribution in [3.05, 3.63) is 48.4 Å². The van der Waals surface area contributed by atoms with Gasteiger partial charge >= 0.3 is 0 Å². The van der Waals surface area contributed by atoms with Gasteiger partial charge in [-0.25, -0.2) is 0 Å². The van der Waals surface area contributed by atoms with Gasteiger partial charge in [0.2, 0.25) is 0 Å². The van der Waals surface area contributed by atoms with E-state index in [0.717, 1.165) is 0 Å². The molecule has 0 unspecified atom stereocenters. The highest BCUT2D eigenvalue weighted by Gasteiger charge is 2.51. The summed E-state index contributed by atoms with van der Waals surface area (Å²) in [5, 5.41) is 0. The first-order valence-electron chi connectivity index (χ1n) is 6.71. The molecule has 0 N–H and O–H groups in total. The van der Waals surface area contributed by atoms with Gasteiger partial charge in [-0.05, 0) is 26.8 Å². The molecule has 0 aromatic carbocycles. The van der Waals surface area contributed by atoms with Crippen molar-refractivity contribution in [1.29, 1.82) is 0 Å². The van der Waals surface area contributed by atoms with Crippen LogP contribution in [0, 0.1) is 5.41 Å². The molecule has 0 radical (unpaired) electrons. The molecule has 0 aromatic rings. The molecule has 2 rings (SSSR count). The lowest BCUT2D eigenvalue weighted by atomic mass is 9.72. The minimum Gasteiger partial charge on any atom is -0.374 e. The average molecular weight is 244 g/mol. The van der Waals surface area contributed by atoms with Gasteiger partial charge in [0.05, 0.1) is 0 Å². The van der Waals surface area contributed by atoms with E-state index >= 15 is 0 Å². The van der Waals surface area contributed by atoms with Crippen LogP contribution in [-0.2, 0) is 0 Å². The number of nitrogens with zero attached hydrogens (tertiary/aromatic N) is 2. The summed E-state index contributed by atoms with van der Waals surface area (Å²) in [5.74, 6) is 0. The smallest absolute Gasteiger partial charge is 0.0403 e. The lowest BCUT2D eigenvalue weighted by molar-refractivity contribution is -0.0829. The first kappa shape index (κ1) is 13.0. The van der Waals surface area contributed by atoms with Crippen LogP contribution in [0.5, 0.6) is 0 Å². The molecule has 0 amide bonds. The fraction of sp³-hybridized carbons (Fsp3) is 0.500. The number of hydrogen-bond acceptors (Lipinski definition) is 2. The highest BCUT2D eigenvalue weighted by atomic mass is 15.3. The van der Waals surface area contributed by atoms with Crippen LogP contribution in [0.25, 0.3) is 0 Å². The molecule has 0 aromatic heterocycles. The number of allylic oxidation sites excluding steroid dienone is 6. The van der Waals surface area contributed by atoms with Gasteiger partial charge in [-0.2, -0.15) is 0 Å². The summed E-state index contributed by atoms with van der Waals surface area (Å²) in [7, 11) is 0. The molecule has 2 aliphatic rings. The predicted molar refractivity (Wildman–Crippen MR) is 78.1 cm³/mol. The lowest BCUT2D eigenvalue weighted by Gasteiger charge is -2.62. The zero-order valence-electron chi connectivity index (χ0n) is 11.8. The topological polar surface area (TPSA) is 6.48 Å². The molecule has 2 heteroatoms. The fourth-order valence-corrected chi connectivity index (χ4v) is 2.83. The van der Waals surface area contributed by atoms with Crippen LogP contribution in [0.15, 0.2) is 48.4 Å². The maximum atomic E-state index is 4.00. The number of rotatable bonds is 4. The van der Waals surface area contributed by atoms with Crippen molar-refractivity contribution in [2.75, 3.05) is 26.2 Å². The highest BCUT2D eigenvalue weighted by molar-refractivity contribution is 5.25. The molecule has 0 aliphatic carbocycles. The standard InChI is InChI=1S/C16H24N2/c1-5-7-8-9-15(6-2)18-12-16(13-18)10-17(11-16)14(3)4/h5-9H,3,10-13H2,1-2,4H3/b7-5-,9-8-,15-6+. The molecule has 18 heavy (non-hydrogen) atoms. The summed E-state index contributed by atoms with van der Waals surface area (Å²) in [6.07, 6.45) is 10.6. The molecule has 2 nitrogen and oxygen atoms in total. The molecular formula is C16H24N2. The van der Waals surface area contributed by atoms with Gasteiger partial charge in [-0.1, -0.05) is 30.9 Å². The maximum absolute atomic E-state index is 4.00. The van der Waals surface area contributed by atoms with E-state index < -0.39 is 0 Å². The number of likely N-dealkylation sites (tertiary alicyclic amines) is 2. The Kier molecular flexibility index (Phi) is 3.65. The summed E-state index contributed by atoms with van der Waals surface area (Å²) in [6.45, 7) is 15.0. The van der Waals surface area contributed by atoms with Crippen LogP contribution in [-0.4, -0.2) is 36.0 Å². The van der Waals surface area contributed by atoms with Crippen LogP contribution in [0.1, 0.15) is 20.8 Å². The van der Waals surface area contributed by atoms with Crippen LogP contribution in [0.2, 0.25) is 0 Å². The minimum absolute atomic E-state index is 0.543. The third-order valence-electron chi connectivity index (χ3n) is 3.88. The molecule has 2 saturated heterocycles. The van der Waals surface area contributed by atoms with Crippen LogP contribution in [0.4, 0.5) is 0 Å². The van der Waals surface area contributed by atoms with Crippen molar-refractivity contribution in [3.63, 3.8) is 0 Å². The monoisotopic (exact) mass is 244 g/mol. The second kappa shape index (κ2) is 5.05. The zero-order chi connectivity index (χ0) is 13.2. The Labute approximate surface area is 111 Å². The lowest BCUT2D eigenvalue weighted by Crippen LogP contribution is -2.70. The second-order valence-electron chi connectivity index (χ2n) is 5.55. The van der Waals surface area contributed by atoms with Crippen molar-refractivity contribution < 1.29 is 0 Å². The van der Waals surface area contributed by atoms with E-state index in [2.05, 4.69) is 60.6 Å². The van der Waals surface area contributed by atoms with Gasteiger partial charge in [0.1, 0.15) is 0 Å². The van der Waals surface area contributed by atoms with Crippen LogP contribution < -0.4 is 0 Å². The van der Waals surface area contributed by atoms with E-state index in [4.69, 9.17) is 0 Å². The molecule has 2 aliphatic heterocycles. The Morgan fingerprint density at radius 2 is 1.67 bits per heavy atom. The minimum atomic E-state index is 0.543. The van der Waals surface area contributed by atoms with Gasteiger partial charge in [0, 0.05) is 43.0 Å². The van der Waals surface area contributed by atoms with E-state index in [-0.39, 0.29) is 0 Å². The Hall–Kier alpha value is -1.44. The maximum Gasteiger partial charge on any atom is 0.0403 e. The molecule has 98 valence electrons. The van der Waals surface area contributed by atoms with Gasteiger partial charge < -0.3 is 9.80 Å². The largest absolute Gasteiger partial charge is 0.374 e. The van der Waals surface area contributed by atoms with E-state index in [9.17, 15) is 0 Å². The molecule has 0 saturated carbocycles. The Morgan fingerprint density at radius 1 is 1.06 bits per heavy atom. The van der Waals surface area contributed by atoms with Crippen molar-refractivity contribution in [2.24, 2.45) is 5.41 Å². The van der Waals surface area contributed by atoms with Crippen LogP contribution in [0.3, 0.4) is 0 Å². The summed E-state index contributed by atoms with van der Waals surface area (Å²) < 4.78 is 0. The van der Waals surface area contributed by atoms with E-state index in [1.807, 2.05) is 6.92 Å². The summed E-state index contributed by atoms with van der Waals surface area (Å²) in [5.41, 5.74) is 3.09. The van der Waals surface area contributed by atoms with E-state index in [1.54, 1.807) is 0 Å². The first-order chi connectivity index (χ1) is 8.60. The quantitative estimate of drug-likeness (QED) is 0.701. The van der Waals surface area contributed by atoms with Crippen LogP contribution >= 0.6 is 0 Å². The van der Waals surface area contributed by atoms with E-state index in [0.29, 0.717) is 5.41 Å². The summed E-state index contributed by atoms with van der Waals surface area (Å²) >= 11 is 0. The van der Waals surface area contributed by atoms with Gasteiger partial charge in [-0.3, -0.25) is 0 Å². The van der Waals surface area contributed by atoms with Crippen molar-refractivity contribution in [2.45, 2.75) is 20.8 Å². The normalized spacial score (nSPS) is 22.7. The van der Waals surface area contributed by atoms with Crippen molar-refractivity contribution in [1.82, 2.24) is 9.80 Å². The molecule has 2 fully saturated rings. The zero-order valence-corrected chi connectivity index (χ0v) is 11.8.